The zero-order valence-electron chi connectivity index (χ0n) is 13.5. The summed E-state index contributed by atoms with van der Waals surface area (Å²) in [6, 6.07) is 0. The summed E-state index contributed by atoms with van der Waals surface area (Å²) >= 11 is 1.26. The molecule has 1 saturated heterocycles. The molecule has 2 amide bonds. The van der Waals surface area contributed by atoms with E-state index in [1.54, 1.807) is 9.47 Å². The van der Waals surface area contributed by atoms with Gasteiger partial charge >= 0.3 is 4.87 Å². The van der Waals surface area contributed by atoms with E-state index in [0.717, 1.165) is 55.8 Å². The summed E-state index contributed by atoms with van der Waals surface area (Å²) in [5.74, 6) is 0.296. The zero-order valence-corrected chi connectivity index (χ0v) is 14.3. The van der Waals surface area contributed by atoms with E-state index in [9.17, 15) is 14.4 Å². The van der Waals surface area contributed by atoms with Crippen LogP contribution in [0.1, 0.15) is 36.8 Å². The van der Waals surface area contributed by atoms with Crippen molar-refractivity contribution in [3.05, 3.63) is 20.2 Å². The van der Waals surface area contributed by atoms with Gasteiger partial charge in [-0.2, -0.15) is 0 Å². The summed E-state index contributed by atoms with van der Waals surface area (Å²) in [4.78, 5) is 39.0. The molecule has 23 heavy (non-hydrogen) atoms. The van der Waals surface area contributed by atoms with E-state index in [2.05, 4.69) is 12.2 Å². The Morgan fingerprint density at radius 3 is 2.78 bits per heavy atom. The topological polar surface area (TPSA) is 71.4 Å². The van der Waals surface area contributed by atoms with Gasteiger partial charge in [-0.3, -0.25) is 19.0 Å². The number of thiazole rings is 1. The standard InChI is InChI=1S/C16H23N3O3S/c1-11-4-5-12-13(8-11)23-16(22)19(12)10-14(20)17-9-15(21)18-6-2-3-7-18/h11H,2-10H2,1H3,(H,17,20). The van der Waals surface area contributed by atoms with Gasteiger partial charge in [0.15, 0.2) is 0 Å². The molecule has 1 N–H and O–H groups in total. The number of likely N-dealkylation sites (tertiary alicyclic amines) is 1. The molecule has 0 radical (unpaired) electrons. The molecule has 1 unspecified atom stereocenters. The van der Waals surface area contributed by atoms with E-state index >= 15 is 0 Å². The van der Waals surface area contributed by atoms with E-state index in [4.69, 9.17) is 0 Å². The second kappa shape index (κ2) is 6.86. The minimum Gasteiger partial charge on any atom is -0.345 e. The van der Waals surface area contributed by atoms with Crippen LogP contribution in [0, 0.1) is 5.92 Å². The third-order valence-corrected chi connectivity index (χ3v) is 5.73. The molecule has 1 fully saturated rings. The SMILES string of the molecule is CC1CCc2c(sc(=O)n2CC(=O)NCC(=O)N2CCCC2)C1. The van der Waals surface area contributed by atoms with Crippen LogP contribution >= 0.6 is 11.3 Å². The lowest BCUT2D eigenvalue weighted by molar-refractivity contribution is -0.132. The van der Waals surface area contributed by atoms with Crippen molar-refractivity contribution in [2.45, 2.75) is 45.6 Å². The van der Waals surface area contributed by atoms with Gasteiger partial charge in [0.25, 0.3) is 0 Å². The molecule has 6 nitrogen and oxygen atoms in total. The Morgan fingerprint density at radius 1 is 1.30 bits per heavy atom. The van der Waals surface area contributed by atoms with Crippen LogP contribution in [-0.4, -0.2) is 40.9 Å². The first-order valence-electron chi connectivity index (χ1n) is 8.30. The minimum atomic E-state index is -0.265. The number of hydrogen-bond donors (Lipinski definition) is 1. The molecule has 0 saturated carbocycles. The molecule has 1 aromatic rings. The van der Waals surface area contributed by atoms with Gasteiger partial charge in [0.2, 0.25) is 11.8 Å². The second-order valence-electron chi connectivity index (χ2n) is 6.54. The molecule has 7 heteroatoms. The van der Waals surface area contributed by atoms with Gasteiger partial charge < -0.3 is 10.2 Å². The number of hydrogen-bond acceptors (Lipinski definition) is 4. The molecule has 1 aliphatic carbocycles. The number of amides is 2. The monoisotopic (exact) mass is 337 g/mol. The van der Waals surface area contributed by atoms with Crippen molar-refractivity contribution < 1.29 is 9.59 Å². The smallest absolute Gasteiger partial charge is 0.308 e. The summed E-state index contributed by atoms with van der Waals surface area (Å²) < 4.78 is 1.58. The van der Waals surface area contributed by atoms with Crippen molar-refractivity contribution >= 4 is 23.2 Å². The quantitative estimate of drug-likeness (QED) is 0.882. The van der Waals surface area contributed by atoms with Gasteiger partial charge in [-0.1, -0.05) is 18.3 Å². The van der Waals surface area contributed by atoms with Gasteiger partial charge in [-0.05, 0) is 38.0 Å². The average molecular weight is 337 g/mol. The fourth-order valence-electron chi connectivity index (χ4n) is 3.33. The summed E-state index contributed by atoms with van der Waals surface area (Å²) in [5.41, 5.74) is 1.01. The van der Waals surface area contributed by atoms with E-state index in [0.29, 0.717) is 5.92 Å². The number of fused-ring (bicyclic) bond motifs is 1. The van der Waals surface area contributed by atoms with E-state index in [1.807, 2.05) is 0 Å². The normalized spacial score (nSPS) is 20.4. The van der Waals surface area contributed by atoms with Gasteiger partial charge in [-0.25, -0.2) is 0 Å². The Kier molecular flexibility index (Phi) is 4.84. The van der Waals surface area contributed by atoms with Crippen LogP contribution in [0.25, 0.3) is 0 Å². The van der Waals surface area contributed by atoms with Crippen LogP contribution in [-0.2, 0) is 29.0 Å². The van der Waals surface area contributed by atoms with Crippen molar-refractivity contribution in [2.75, 3.05) is 19.6 Å². The predicted molar refractivity (Wildman–Crippen MR) is 88.6 cm³/mol. The number of rotatable bonds is 4. The van der Waals surface area contributed by atoms with Crippen molar-refractivity contribution in [3.8, 4) is 0 Å². The van der Waals surface area contributed by atoms with Gasteiger partial charge in [0.05, 0.1) is 6.54 Å². The highest BCUT2D eigenvalue weighted by molar-refractivity contribution is 7.09. The maximum absolute atomic E-state index is 12.1. The lowest BCUT2D eigenvalue weighted by atomic mass is 9.93. The highest BCUT2D eigenvalue weighted by Gasteiger charge is 2.23. The average Bonchev–Trinajstić information content (AvgIpc) is 3.14. The largest absolute Gasteiger partial charge is 0.345 e. The fourth-order valence-corrected chi connectivity index (χ4v) is 4.52. The van der Waals surface area contributed by atoms with Crippen LogP contribution in [0.4, 0.5) is 0 Å². The van der Waals surface area contributed by atoms with Crippen molar-refractivity contribution in [1.29, 1.82) is 0 Å². The summed E-state index contributed by atoms with van der Waals surface area (Å²) in [5, 5.41) is 2.66. The van der Waals surface area contributed by atoms with Gasteiger partial charge in [0, 0.05) is 23.7 Å². The third kappa shape index (κ3) is 3.65. The highest BCUT2D eigenvalue weighted by atomic mass is 32.1. The molecule has 1 aliphatic heterocycles. The van der Waals surface area contributed by atoms with Gasteiger partial charge in [-0.15, -0.1) is 0 Å². The summed E-state index contributed by atoms with van der Waals surface area (Å²) in [6.07, 6.45) is 4.91. The molecule has 2 heterocycles. The maximum atomic E-state index is 12.1. The lowest BCUT2D eigenvalue weighted by Crippen LogP contribution is -2.40. The molecule has 2 aliphatic rings. The summed E-state index contributed by atoms with van der Waals surface area (Å²) in [7, 11) is 0. The molecule has 3 rings (SSSR count). The Morgan fingerprint density at radius 2 is 2.04 bits per heavy atom. The Labute approximate surface area is 139 Å². The predicted octanol–water partition coefficient (Wildman–Crippen LogP) is 0.773. The number of carbonyl (C=O) groups is 2. The molecule has 0 aromatic carbocycles. The molecular weight excluding hydrogens is 314 g/mol. The van der Waals surface area contributed by atoms with E-state index < -0.39 is 0 Å². The van der Waals surface area contributed by atoms with Crippen LogP contribution < -0.4 is 10.2 Å². The maximum Gasteiger partial charge on any atom is 0.308 e. The van der Waals surface area contributed by atoms with Crippen LogP contribution in [0.2, 0.25) is 0 Å². The molecule has 0 bridgehead atoms. The first-order chi connectivity index (χ1) is 11.0. The number of nitrogens with one attached hydrogen (secondary N) is 1. The Bertz CT molecular complexity index is 658. The number of carbonyl (C=O) groups excluding carboxylic acids is 2. The van der Waals surface area contributed by atoms with Crippen LogP contribution in [0.15, 0.2) is 4.79 Å². The van der Waals surface area contributed by atoms with Crippen molar-refractivity contribution in [3.63, 3.8) is 0 Å². The zero-order chi connectivity index (χ0) is 16.4. The van der Waals surface area contributed by atoms with Crippen LogP contribution in [0.3, 0.4) is 0 Å². The first kappa shape index (κ1) is 16.2. The molecular formula is C16H23N3O3S. The van der Waals surface area contributed by atoms with Crippen molar-refractivity contribution in [1.82, 2.24) is 14.8 Å². The fraction of sp³-hybridized carbons (Fsp3) is 0.688. The van der Waals surface area contributed by atoms with E-state index in [-0.39, 0.29) is 29.8 Å². The molecule has 0 spiro atoms. The Hall–Kier alpha value is -1.63. The molecule has 126 valence electrons. The van der Waals surface area contributed by atoms with Crippen molar-refractivity contribution in [2.24, 2.45) is 5.92 Å². The minimum absolute atomic E-state index is 0.0202. The third-order valence-electron chi connectivity index (χ3n) is 4.68. The summed E-state index contributed by atoms with van der Waals surface area (Å²) in [6.45, 7) is 3.80. The Balaban J connectivity index is 1.58. The molecule has 1 atom stereocenters. The number of aromatic nitrogens is 1. The van der Waals surface area contributed by atoms with Gasteiger partial charge in [0.1, 0.15) is 6.54 Å². The lowest BCUT2D eigenvalue weighted by Gasteiger charge is -2.19. The number of nitrogens with zero attached hydrogens (tertiary/aromatic N) is 2. The second-order valence-corrected chi connectivity index (χ2v) is 7.58. The molecule has 1 aromatic heterocycles. The van der Waals surface area contributed by atoms with E-state index in [1.165, 1.54) is 11.3 Å². The first-order valence-corrected chi connectivity index (χ1v) is 9.12. The highest BCUT2D eigenvalue weighted by Crippen LogP contribution is 2.27. The van der Waals surface area contributed by atoms with Crippen LogP contribution in [0.5, 0.6) is 0 Å².